The van der Waals surface area contributed by atoms with Crippen LogP contribution in [0.4, 0.5) is 5.69 Å². The molecule has 0 spiro atoms. The number of anilines is 1. The summed E-state index contributed by atoms with van der Waals surface area (Å²) in [6.07, 6.45) is 2.41. The third-order valence-corrected chi connectivity index (χ3v) is 3.41. The van der Waals surface area contributed by atoms with Gasteiger partial charge < -0.3 is 10.1 Å². The second-order valence-corrected chi connectivity index (χ2v) is 5.54. The van der Waals surface area contributed by atoms with Crippen molar-refractivity contribution in [1.82, 2.24) is 4.98 Å². The molecule has 0 saturated carbocycles. The molecule has 0 saturated heterocycles. The van der Waals surface area contributed by atoms with Gasteiger partial charge in [0.2, 0.25) is 0 Å². The van der Waals surface area contributed by atoms with Crippen LogP contribution in [-0.4, -0.2) is 17.5 Å². The Morgan fingerprint density at radius 3 is 2.81 bits per heavy atom. The Morgan fingerprint density at radius 2 is 2.19 bits per heavy atom. The van der Waals surface area contributed by atoms with Crippen LogP contribution in [0.2, 0.25) is 5.02 Å². The molecule has 1 aromatic heterocycles. The van der Waals surface area contributed by atoms with E-state index in [0.717, 1.165) is 6.42 Å². The van der Waals surface area contributed by atoms with Crippen LogP contribution in [0.3, 0.4) is 0 Å². The Morgan fingerprint density at radius 1 is 1.38 bits per heavy atom. The lowest BCUT2D eigenvalue weighted by atomic mass is 10.2. The van der Waals surface area contributed by atoms with Crippen molar-refractivity contribution >= 4 is 39.1 Å². The van der Waals surface area contributed by atoms with Crippen LogP contribution in [0.25, 0.3) is 0 Å². The van der Waals surface area contributed by atoms with E-state index in [0.29, 0.717) is 33.2 Å². The van der Waals surface area contributed by atoms with E-state index in [1.807, 2.05) is 6.92 Å². The Hall–Kier alpha value is -1.59. The minimum absolute atomic E-state index is 0.242. The molecule has 21 heavy (non-hydrogen) atoms. The van der Waals surface area contributed by atoms with Crippen molar-refractivity contribution < 1.29 is 9.53 Å². The molecule has 1 amide bonds. The van der Waals surface area contributed by atoms with Gasteiger partial charge in [-0.05, 0) is 52.7 Å². The monoisotopic (exact) mass is 368 g/mol. The molecule has 1 N–H and O–H groups in total. The summed E-state index contributed by atoms with van der Waals surface area (Å²) in [7, 11) is 0. The maximum Gasteiger partial charge on any atom is 0.257 e. The van der Waals surface area contributed by atoms with E-state index in [-0.39, 0.29) is 5.91 Å². The van der Waals surface area contributed by atoms with E-state index in [1.165, 1.54) is 6.20 Å². The van der Waals surface area contributed by atoms with E-state index in [4.69, 9.17) is 16.3 Å². The fraction of sp³-hybridized carbons (Fsp3) is 0.200. The van der Waals surface area contributed by atoms with Gasteiger partial charge in [0.25, 0.3) is 5.91 Å². The molecular formula is C15H14BrClN2O2. The number of rotatable bonds is 5. The van der Waals surface area contributed by atoms with Crippen molar-refractivity contribution in [2.75, 3.05) is 11.9 Å². The number of hydrogen-bond acceptors (Lipinski definition) is 3. The Bertz CT molecular complexity index is 632. The first-order valence-electron chi connectivity index (χ1n) is 6.45. The number of amides is 1. The average molecular weight is 370 g/mol. The quantitative estimate of drug-likeness (QED) is 0.787. The Kier molecular flexibility index (Phi) is 5.59. The number of ether oxygens (including phenoxy) is 1. The molecule has 0 aliphatic carbocycles. The van der Waals surface area contributed by atoms with Gasteiger partial charge in [-0.2, -0.15) is 0 Å². The van der Waals surface area contributed by atoms with Crippen molar-refractivity contribution in [2.24, 2.45) is 0 Å². The maximum absolute atomic E-state index is 12.1. The summed E-state index contributed by atoms with van der Waals surface area (Å²) in [4.78, 5) is 16.1. The highest BCUT2D eigenvalue weighted by molar-refractivity contribution is 9.10. The highest BCUT2D eigenvalue weighted by Gasteiger charge is 2.08. The number of benzene rings is 1. The molecule has 1 aromatic carbocycles. The molecule has 4 nitrogen and oxygen atoms in total. The van der Waals surface area contributed by atoms with E-state index in [9.17, 15) is 4.79 Å². The van der Waals surface area contributed by atoms with Gasteiger partial charge in [-0.3, -0.25) is 4.79 Å². The predicted octanol–water partition coefficient (Wildman–Crippen LogP) is 4.54. The number of aromatic nitrogens is 1. The minimum Gasteiger partial charge on any atom is -0.492 e. The van der Waals surface area contributed by atoms with Gasteiger partial charge in [0.05, 0.1) is 17.2 Å². The third-order valence-electron chi connectivity index (χ3n) is 2.64. The minimum atomic E-state index is -0.242. The smallest absolute Gasteiger partial charge is 0.257 e. The van der Waals surface area contributed by atoms with Crippen molar-refractivity contribution in [1.29, 1.82) is 0 Å². The largest absolute Gasteiger partial charge is 0.492 e. The number of nitrogens with zero attached hydrogens (tertiary/aromatic N) is 1. The normalized spacial score (nSPS) is 10.2. The highest BCUT2D eigenvalue weighted by atomic mass is 79.9. The van der Waals surface area contributed by atoms with Gasteiger partial charge in [0.15, 0.2) is 0 Å². The molecule has 1 heterocycles. The summed E-state index contributed by atoms with van der Waals surface area (Å²) in [6, 6.07) is 8.56. The van der Waals surface area contributed by atoms with E-state index in [1.54, 1.807) is 30.3 Å². The molecule has 110 valence electrons. The number of carbonyl (C=O) groups excluding carboxylic acids is 1. The zero-order valence-corrected chi connectivity index (χ0v) is 13.7. The van der Waals surface area contributed by atoms with Crippen LogP contribution >= 0.6 is 27.5 Å². The lowest BCUT2D eigenvalue weighted by Crippen LogP contribution is -2.12. The number of nitrogens with one attached hydrogen (secondary N) is 1. The molecule has 0 aliphatic heterocycles. The molecule has 2 aromatic rings. The first kappa shape index (κ1) is 15.8. The summed E-state index contributed by atoms with van der Waals surface area (Å²) in [6.45, 7) is 2.63. The molecule has 0 fully saturated rings. The summed E-state index contributed by atoms with van der Waals surface area (Å²) >= 11 is 9.35. The van der Waals surface area contributed by atoms with Crippen LogP contribution in [0.15, 0.2) is 41.1 Å². The second kappa shape index (κ2) is 7.43. The lowest BCUT2D eigenvalue weighted by Gasteiger charge is -2.09. The average Bonchev–Trinajstić information content (AvgIpc) is 2.47. The van der Waals surface area contributed by atoms with Crippen LogP contribution in [0.5, 0.6) is 5.75 Å². The van der Waals surface area contributed by atoms with Crippen LogP contribution in [-0.2, 0) is 0 Å². The van der Waals surface area contributed by atoms with Crippen molar-refractivity contribution in [3.8, 4) is 5.75 Å². The standard InChI is InChI=1S/C15H14BrClN2O2/c1-2-7-21-13-5-4-11(8-12(13)17)19-15(20)10-3-6-14(16)18-9-10/h3-6,8-9H,2,7H2,1H3,(H,19,20). The number of hydrogen-bond donors (Lipinski definition) is 1. The molecule has 2 rings (SSSR count). The fourth-order valence-electron chi connectivity index (χ4n) is 1.62. The van der Waals surface area contributed by atoms with E-state index in [2.05, 4.69) is 26.2 Å². The zero-order valence-electron chi connectivity index (χ0n) is 11.4. The van der Waals surface area contributed by atoms with Gasteiger partial charge in [0.1, 0.15) is 10.4 Å². The summed E-state index contributed by atoms with van der Waals surface area (Å²) in [5.41, 5.74) is 1.08. The van der Waals surface area contributed by atoms with Crippen LogP contribution in [0, 0.1) is 0 Å². The Balaban J connectivity index is 2.07. The van der Waals surface area contributed by atoms with E-state index < -0.39 is 0 Å². The summed E-state index contributed by atoms with van der Waals surface area (Å²) < 4.78 is 6.16. The Labute approximate surface area is 136 Å². The summed E-state index contributed by atoms with van der Waals surface area (Å²) in [5, 5.41) is 3.24. The maximum atomic E-state index is 12.1. The SMILES string of the molecule is CCCOc1ccc(NC(=O)c2ccc(Br)nc2)cc1Cl. The van der Waals surface area contributed by atoms with Crippen LogP contribution in [0.1, 0.15) is 23.7 Å². The highest BCUT2D eigenvalue weighted by Crippen LogP contribution is 2.28. The number of halogens is 2. The predicted molar refractivity (Wildman–Crippen MR) is 87.1 cm³/mol. The third kappa shape index (κ3) is 4.44. The van der Waals surface area contributed by atoms with Crippen molar-refractivity contribution in [3.63, 3.8) is 0 Å². The lowest BCUT2D eigenvalue weighted by molar-refractivity contribution is 0.102. The fourth-order valence-corrected chi connectivity index (χ4v) is 2.09. The molecule has 6 heteroatoms. The second-order valence-electron chi connectivity index (χ2n) is 4.32. The first-order valence-corrected chi connectivity index (χ1v) is 7.62. The topological polar surface area (TPSA) is 51.2 Å². The van der Waals surface area contributed by atoms with Crippen molar-refractivity contribution in [2.45, 2.75) is 13.3 Å². The van der Waals surface area contributed by atoms with Gasteiger partial charge in [-0.25, -0.2) is 4.98 Å². The van der Waals surface area contributed by atoms with Gasteiger partial charge in [0, 0.05) is 11.9 Å². The van der Waals surface area contributed by atoms with Crippen molar-refractivity contribution in [3.05, 3.63) is 51.7 Å². The number of pyridine rings is 1. The molecule has 0 unspecified atom stereocenters. The molecule has 0 atom stereocenters. The molecular weight excluding hydrogens is 356 g/mol. The molecule has 0 aliphatic rings. The van der Waals surface area contributed by atoms with Crippen LogP contribution < -0.4 is 10.1 Å². The first-order chi connectivity index (χ1) is 10.1. The summed E-state index contributed by atoms with van der Waals surface area (Å²) in [5.74, 6) is 0.370. The zero-order chi connectivity index (χ0) is 15.2. The van der Waals surface area contributed by atoms with Gasteiger partial charge in [-0.15, -0.1) is 0 Å². The van der Waals surface area contributed by atoms with Gasteiger partial charge >= 0.3 is 0 Å². The van der Waals surface area contributed by atoms with Gasteiger partial charge in [-0.1, -0.05) is 18.5 Å². The van der Waals surface area contributed by atoms with E-state index >= 15 is 0 Å². The molecule has 0 bridgehead atoms. The molecule has 0 radical (unpaired) electrons. The number of carbonyl (C=O) groups is 1.